The Morgan fingerprint density at radius 1 is 1.32 bits per heavy atom. The number of aromatic amines is 1. The van der Waals surface area contributed by atoms with Crippen LogP contribution in [0.2, 0.25) is 0 Å². The Kier molecular flexibility index (Phi) is 6.93. The molecule has 1 N–H and O–H groups in total. The van der Waals surface area contributed by atoms with Crippen LogP contribution in [0.3, 0.4) is 0 Å². The average Bonchev–Trinajstić information content (AvgIpc) is 2.86. The van der Waals surface area contributed by atoms with E-state index in [1.165, 1.54) is 16.8 Å². The molecule has 0 spiro atoms. The van der Waals surface area contributed by atoms with Gasteiger partial charge in [0.2, 0.25) is 0 Å². The molecule has 1 fully saturated rings. The van der Waals surface area contributed by atoms with Gasteiger partial charge in [0.05, 0.1) is 12.2 Å². The minimum atomic E-state index is -1.23. The van der Waals surface area contributed by atoms with E-state index in [4.69, 9.17) is 13.8 Å². The summed E-state index contributed by atoms with van der Waals surface area (Å²) in [5.74, 6) is 0. The number of hydrogen-bond acceptors (Lipinski definition) is 6. The summed E-state index contributed by atoms with van der Waals surface area (Å²) in [4.78, 5) is 25.4. The fourth-order valence-corrected chi connectivity index (χ4v) is 4.65. The maximum atomic E-state index is 12.0. The molecule has 1 saturated heterocycles. The highest BCUT2D eigenvalue weighted by Gasteiger charge is 2.38. The van der Waals surface area contributed by atoms with Crippen LogP contribution >= 0.6 is 8.53 Å². The number of aromatic nitrogens is 2. The van der Waals surface area contributed by atoms with E-state index >= 15 is 0 Å². The highest BCUT2D eigenvalue weighted by Crippen LogP contribution is 2.48. The molecule has 2 rings (SSSR count). The highest BCUT2D eigenvalue weighted by molar-refractivity contribution is 7.44. The highest BCUT2D eigenvalue weighted by atomic mass is 31.2. The molecular formula is C16H28N3O5P. The predicted molar refractivity (Wildman–Crippen MR) is 96.4 cm³/mol. The van der Waals surface area contributed by atoms with Crippen LogP contribution in [0.25, 0.3) is 0 Å². The van der Waals surface area contributed by atoms with Crippen molar-refractivity contribution in [2.75, 3.05) is 7.11 Å². The Morgan fingerprint density at radius 3 is 2.48 bits per heavy atom. The summed E-state index contributed by atoms with van der Waals surface area (Å²) in [6.07, 6.45) is 1.11. The van der Waals surface area contributed by atoms with Gasteiger partial charge in [-0.05, 0) is 34.6 Å². The molecule has 0 aliphatic carbocycles. The second-order valence-corrected chi connectivity index (χ2v) is 8.19. The quantitative estimate of drug-likeness (QED) is 0.738. The Hall–Kier alpha value is -1.05. The molecule has 1 aromatic rings. The maximum Gasteiger partial charge on any atom is 0.330 e. The fraction of sp³-hybridized carbons (Fsp3) is 0.750. The third-order valence-electron chi connectivity index (χ3n) is 4.12. The van der Waals surface area contributed by atoms with E-state index in [1.54, 1.807) is 7.11 Å². The van der Waals surface area contributed by atoms with Crippen molar-refractivity contribution in [3.05, 3.63) is 33.1 Å². The molecule has 8 nitrogen and oxygen atoms in total. The van der Waals surface area contributed by atoms with E-state index in [1.807, 2.05) is 6.92 Å². The molecule has 1 aromatic heterocycles. The topological polar surface area (TPSA) is 85.8 Å². The second-order valence-electron chi connectivity index (χ2n) is 6.68. The van der Waals surface area contributed by atoms with Crippen LogP contribution in [0.5, 0.6) is 0 Å². The maximum absolute atomic E-state index is 12.0. The zero-order valence-electron chi connectivity index (χ0n) is 15.6. The Labute approximate surface area is 149 Å². The summed E-state index contributed by atoms with van der Waals surface area (Å²) in [7, 11) is 0.416. The first kappa shape index (κ1) is 20.3. The molecule has 0 saturated carbocycles. The summed E-state index contributed by atoms with van der Waals surface area (Å²) in [6.45, 7) is 10.3. The zero-order chi connectivity index (χ0) is 18.7. The fourth-order valence-electron chi connectivity index (χ4n) is 3.02. The van der Waals surface area contributed by atoms with Crippen molar-refractivity contribution < 1.29 is 13.8 Å². The lowest BCUT2D eigenvalue weighted by atomic mass is 10.2. The van der Waals surface area contributed by atoms with Crippen LogP contribution in [0, 0.1) is 0 Å². The summed E-state index contributed by atoms with van der Waals surface area (Å²) >= 11 is 0. The first-order chi connectivity index (χ1) is 11.7. The van der Waals surface area contributed by atoms with Crippen LogP contribution in [0.4, 0.5) is 0 Å². The SMILES string of the molecule is COP(OC1C[C@H](n2ccc(=O)[nH]c2=O)O[C@@H]1C)N(C(C)C)C(C)C. The number of H-pyrrole nitrogens is 1. The van der Waals surface area contributed by atoms with Gasteiger partial charge in [-0.15, -0.1) is 0 Å². The van der Waals surface area contributed by atoms with Gasteiger partial charge in [0.25, 0.3) is 14.1 Å². The van der Waals surface area contributed by atoms with Gasteiger partial charge in [0.1, 0.15) is 6.23 Å². The van der Waals surface area contributed by atoms with E-state index in [0.717, 1.165) is 0 Å². The lowest BCUT2D eigenvalue weighted by Crippen LogP contribution is -2.35. The number of ether oxygens (including phenoxy) is 1. The van der Waals surface area contributed by atoms with Gasteiger partial charge in [-0.25, -0.2) is 9.46 Å². The zero-order valence-corrected chi connectivity index (χ0v) is 16.5. The normalized spacial score (nSPS) is 25.2. The molecule has 9 heteroatoms. The van der Waals surface area contributed by atoms with E-state index in [0.29, 0.717) is 6.42 Å². The first-order valence-corrected chi connectivity index (χ1v) is 9.63. The van der Waals surface area contributed by atoms with Gasteiger partial charge in [-0.2, -0.15) is 0 Å². The van der Waals surface area contributed by atoms with Crippen LogP contribution in [0.1, 0.15) is 47.3 Å². The summed E-state index contributed by atoms with van der Waals surface area (Å²) in [6, 6.07) is 1.87. The van der Waals surface area contributed by atoms with Crippen LogP contribution in [0.15, 0.2) is 21.9 Å². The van der Waals surface area contributed by atoms with Gasteiger partial charge in [-0.1, -0.05) is 0 Å². The van der Waals surface area contributed by atoms with Crippen LogP contribution in [-0.4, -0.2) is 45.6 Å². The van der Waals surface area contributed by atoms with Crippen molar-refractivity contribution in [2.45, 2.75) is 71.6 Å². The summed E-state index contributed by atoms with van der Waals surface area (Å²) < 4.78 is 21.3. The van der Waals surface area contributed by atoms with E-state index < -0.39 is 26.0 Å². The standard InChI is InChI=1S/C16H28N3O5P/c1-10(2)19(11(3)4)25(22-6)24-13-9-15(23-12(13)5)18-8-7-14(20)17-16(18)21/h7-8,10-13,15H,9H2,1-6H3,(H,17,20,21)/t12-,13?,15-,25?/m1/s1. The van der Waals surface area contributed by atoms with Crippen molar-refractivity contribution in [2.24, 2.45) is 0 Å². The number of rotatable bonds is 7. The van der Waals surface area contributed by atoms with Crippen molar-refractivity contribution in [3.63, 3.8) is 0 Å². The van der Waals surface area contributed by atoms with E-state index in [-0.39, 0.29) is 24.3 Å². The Bertz CT molecular complexity index is 666. The van der Waals surface area contributed by atoms with Crippen molar-refractivity contribution in [1.82, 2.24) is 14.2 Å². The molecule has 0 amide bonds. The third-order valence-corrected chi connectivity index (χ3v) is 6.18. The molecule has 0 aromatic carbocycles. The monoisotopic (exact) mass is 373 g/mol. The number of nitrogens with zero attached hydrogens (tertiary/aromatic N) is 2. The molecule has 0 radical (unpaired) electrons. The van der Waals surface area contributed by atoms with Gasteiger partial charge >= 0.3 is 5.69 Å². The van der Waals surface area contributed by atoms with Crippen LogP contribution < -0.4 is 11.2 Å². The summed E-state index contributed by atoms with van der Waals surface area (Å²) in [5, 5.41) is 0. The van der Waals surface area contributed by atoms with E-state index in [9.17, 15) is 9.59 Å². The number of nitrogens with one attached hydrogen (secondary N) is 1. The lowest BCUT2D eigenvalue weighted by Gasteiger charge is -2.36. The third kappa shape index (κ3) is 4.77. The van der Waals surface area contributed by atoms with Gasteiger partial charge in [0, 0.05) is 37.9 Å². The minimum absolute atomic E-state index is 0.190. The van der Waals surface area contributed by atoms with E-state index in [2.05, 4.69) is 37.3 Å². The average molecular weight is 373 g/mol. The molecule has 2 unspecified atom stereocenters. The largest absolute Gasteiger partial charge is 0.352 e. The number of hydrogen-bond donors (Lipinski definition) is 1. The predicted octanol–water partition coefficient (Wildman–Crippen LogP) is 2.22. The molecule has 25 heavy (non-hydrogen) atoms. The lowest BCUT2D eigenvalue weighted by molar-refractivity contribution is -0.00833. The van der Waals surface area contributed by atoms with Crippen molar-refractivity contribution in [3.8, 4) is 0 Å². The Balaban J connectivity index is 2.12. The van der Waals surface area contributed by atoms with Crippen molar-refractivity contribution >= 4 is 8.53 Å². The molecule has 142 valence electrons. The molecule has 4 atom stereocenters. The van der Waals surface area contributed by atoms with Gasteiger partial charge < -0.3 is 13.8 Å². The Morgan fingerprint density at radius 2 is 1.96 bits per heavy atom. The van der Waals surface area contributed by atoms with Crippen LogP contribution in [-0.2, 0) is 13.8 Å². The van der Waals surface area contributed by atoms with Gasteiger partial charge in [0.15, 0.2) is 0 Å². The second kappa shape index (κ2) is 8.56. The summed E-state index contributed by atoms with van der Waals surface area (Å²) in [5.41, 5.74) is -0.905. The van der Waals surface area contributed by atoms with Crippen molar-refractivity contribution in [1.29, 1.82) is 0 Å². The molecule has 1 aliphatic heterocycles. The van der Waals surface area contributed by atoms with Gasteiger partial charge in [-0.3, -0.25) is 14.3 Å². The smallest absolute Gasteiger partial charge is 0.330 e. The molecular weight excluding hydrogens is 345 g/mol. The molecule has 0 bridgehead atoms. The molecule has 2 heterocycles. The molecule has 1 aliphatic rings. The first-order valence-electron chi connectivity index (χ1n) is 8.50. The minimum Gasteiger partial charge on any atom is -0.352 e.